The van der Waals surface area contributed by atoms with Crippen LogP contribution >= 0.6 is 0 Å². The molecule has 2 heterocycles. The van der Waals surface area contributed by atoms with Crippen molar-refractivity contribution in [1.29, 1.82) is 0 Å². The van der Waals surface area contributed by atoms with Crippen LogP contribution in [0.1, 0.15) is 25.1 Å². The first-order valence-corrected chi connectivity index (χ1v) is 4.42. The van der Waals surface area contributed by atoms with Crippen LogP contribution in [0.2, 0.25) is 0 Å². The van der Waals surface area contributed by atoms with Crippen molar-refractivity contribution >= 4 is 5.97 Å². The number of aromatic nitrogens is 2. The van der Waals surface area contributed by atoms with Crippen LogP contribution in [0.15, 0.2) is 12.4 Å². The Labute approximate surface area is 76.2 Å². The molecular weight excluding hydrogens is 168 g/mol. The van der Waals surface area contributed by atoms with Crippen molar-refractivity contribution in [1.82, 2.24) is 9.55 Å². The van der Waals surface area contributed by atoms with Gasteiger partial charge in [-0.1, -0.05) is 6.92 Å². The molecule has 4 nitrogen and oxygen atoms in total. The number of aliphatic carboxylic acids is 1. The first-order chi connectivity index (χ1) is 6.18. The molecule has 2 atom stereocenters. The SMILES string of the molecule is C[C@@H]1C[C@H](C(=O)O)c2nccn2C1. The third-order valence-corrected chi connectivity index (χ3v) is 2.50. The Morgan fingerprint density at radius 1 is 1.77 bits per heavy atom. The summed E-state index contributed by atoms with van der Waals surface area (Å²) >= 11 is 0. The van der Waals surface area contributed by atoms with E-state index in [1.807, 2.05) is 10.8 Å². The van der Waals surface area contributed by atoms with Gasteiger partial charge in [0.1, 0.15) is 11.7 Å². The largest absolute Gasteiger partial charge is 0.481 e. The average molecular weight is 180 g/mol. The highest BCUT2D eigenvalue weighted by Gasteiger charge is 2.30. The molecule has 0 aromatic carbocycles. The summed E-state index contributed by atoms with van der Waals surface area (Å²) in [5, 5.41) is 8.97. The summed E-state index contributed by atoms with van der Waals surface area (Å²) in [6.07, 6.45) is 4.22. The van der Waals surface area contributed by atoms with Crippen LogP contribution in [0.4, 0.5) is 0 Å². The monoisotopic (exact) mass is 180 g/mol. The van der Waals surface area contributed by atoms with Gasteiger partial charge in [0.15, 0.2) is 0 Å². The Hall–Kier alpha value is -1.32. The van der Waals surface area contributed by atoms with E-state index in [9.17, 15) is 4.79 Å². The Kier molecular flexibility index (Phi) is 1.83. The van der Waals surface area contributed by atoms with Crippen molar-refractivity contribution in [2.45, 2.75) is 25.8 Å². The zero-order chi connectivity index (χ0) is 9.42. The number of fused-ring (bicyclic) bond motifs is 1. The third kappa shape index (κ3) is 1.32. The Morgan fingerprint density at radius 3 is 3.23 bits per heavy atom. The highest BCUT2D eigenvalue weighted by atomic mass is 16.4. The van der Waals surface area contributed by atoms with Gasteiger partial charge in [-0.15, -0.1) is 0 Å². The van der Waals surface area contributed by atoms with Gasteiger partial charge < -0.3 is 9.67 Å². The summed E-state index contributed by atoms with van der Waals surface area (Å²) in [7, 11) is 0. The Morgan fingerprint density at radius 2 is 2.54 bits per heavy atom. The maximum absolute atomic E-state index is 10.9. The van der Waals surface area contributed by atoms with Crippen LogP contribution < -0.4 is 0 Å². The molecule has 0 bridgehead atoms. The summed E-state index contributed by atoms with van der Waals surface area (Å²) in [5.74, 6) is -0.0637. The summed E-state index contributed by atoms with van der Waals surface area (Å²) in [4.78, 5) is 15.0. The van der Waals surface area contributed by atoms with Crippen LogP contribution in [-0.4, -0.2) is 20.6 Å². The predicted molar refractivity (Wildman–Crippen MR) is 46.4 cm³/mol. The molecule has 0 spiro atoms. The highest BCUT2D eigenvalue weighted by molar-refractivity contribution is 5.75. The molecule has 0 amide bonds. The van der Waals surface area contributed by atoms with Crippen molar-refractivity contribution in [3.8, 4) is 0 Å². The second-order valence-electron chi connectivity index (χ2n) is 3.67. The van der Waals surface area contributed by atoms with Crippen LogP contribution in [0.3, 0.4) is 0 Å². The van der Waals surface area contributed by atoms with E-state index in [2.05, 4.69) is 11.9 Å². The molecule has 1 aliphatic heterocycles. The normalized spacial score (nSPS) is 26.8. The van der Waals surface area contributed by atoms with Crippen molar-refractivity contribution in [3.05, 3.63) is 18.2 Å². The van der Waals surface area contributed by atoms with Crippen LogP contribution in [0.25, 0.3) is 0 Å². The van der Waals surface area contributed by atoms with Gasteiger partial charge >= 0.3 is 5.97 Å². The predicted octanol–water partition coefficient (Wildman–Crippen LogP) is 1.09. The van der Waals surface area contributed by atoms with Gasteiger partial charge in [-0.2, -0.15) is 0 Å². The van der Waals surface area contributed by atoms with E-state index in [-0.39, 0.29) is 0 Å². The maximum Gasteiger partial charge on any atom is 0.314 e. The highest BCUT2D eigenvalue weighted by Crippen LogP contribution is 2.29. The minimum Gasteiger partial charge on any atom is -0.481 e. The fourth-order valence-corrected chi connectivity index (χ4v) is 1.91. The van der Waals surface area contributed by atoms with Gasteiger partial charge in [0.2, 0.25) is 0 Å². The molecule has 0 radical (unpaired) electrons. The molecule has 0 unspecified atom stereocenters. The number of rotatable bonds is 1. The number of carboxylic acid groups (broad SMARTS) is 1. The maximum atomic E-state index is 10.9. The van der Waals surface area contributed by atoms with E-state index in [1.54, 1.807) is 6.20 Å². The van der Waals surface area contributed by atoms with E-state index < -0.39 is 11.9 Å². The quantitative estimate of drug-likeness (QED) is 0.703. The lowest BCUT2D eigenvalue weighted by Crippen LogP contribution is -2.26. The van der Waals surface area contributed by atoms with Crippen molar-refractivity contribution in [2.24, 2.45) is 5.92 Å². The lowest BCUT2D eigenvalue weighted by molar-refractivity contribution is -0.139. The Bertz CT molecular complexity index is 332. The van der Waals surface area contributed by atoms with E-state index in [1.165, 1.54) is 0 Å². The minimum absolute atomic E-state index is 0.418. The summed E-state index contributed by atoms with van der Waals surface area (Å²) in [6.45, 7) is 2.96. The number of nitrogens with zero attached hydrogens (tertiary/aromatic N) is 2. The molecule has 1 aromatic heterocycles. The van der Waals surface area contributed by atoms with Crippen LogP contribution in [0.5, 0.6) is 0 Å². The lowest BCUT2D eigenvalue weighted by Gasteiger charge is -2.25. The third-order valence-electron chi connectivity index (χ3n) is 2.50. The number of hydrogen-bond acceptors (Lipinski definition) is 2. The van der Waals surface area contributed by atoms with Crippen molar-refractivity contribution in [3.63, 3.8) is 0 Å². The summed E-state index contributed by atoms with van der Waals surface area (Å²) in [6, 6.07) is 0. The number of hydrogen-bond donors (Lipinski definition) is 1. The molecule has 13 heavy (non-hydrogen) atoms. The summed E-state index contributed by atoms with van der Waals surface area (Å²) < 4.78 is 1.94. The van der Waals surface area contributed by atoms with Crippen molar-refractivity contribution < 1.29 is 9.90 Å². The molecule has 0 saturated heterocycles. The van der Waals surface area contributed by atoms with E-state index in [0.29, 0.717) is 18.2 Å². The average Bonchev–Trinajstić information content (AvgIpc) is 2.49. The molecule has 0 saturated carbocycles. The van der Waals surface area contributed by atoms with Gasteiger partial charge in [0.05, 0.1) is 0 Å². The second kappa shape index (κ2) is 2.87. The van der Waals surface area contributed by atoms with Gasteiger partial charge in [-0.3, -0.25) is 4.79 Å². The number of carbonyl (C=O) groups is 1. The summed E-state index contributed by atoms with van der Waals surface area (Å²) in [5.41, 5.74) is 0. The van der Waals surface area contributed by atoms with E-state index in [0.717, 1.165) is 6.54 Å². The van der Waals surface area contributed by atoms with Gasteiger partial charge in [0.25, 0.3) is 0 Å². The van der Waals surface area contributed by atoms with Crippen molar-refractivity contribution in [2.75, 3.05) is 0 Å². The molecule has 0 fully saturated rings. The molecule has 1 aromatic rings. The molecule has 1 N–H and O–H groups in total. The van der Waals surface area contributed by atoms with Crippen LogP contribution in [-0.2, 0) is 11.3 Å². The number of carboxylic acids is 1. The smallest absolute Gasteiger partial charge is 0.314 e. The molecule has 4 heteroatoms. The van der Waals surface area contributed by atoms with Gasteiger partial charge in [-0.05, 0) is 12.3 Å². The standard InChI is InChI=1S/C9H12N2O2/c1-6-4-7(9(12)13)8-10-2-3-11(8)5-6/h2-3,6-7H,4-5H2,1H3,(H,12,13)/t6-,7+/m1/s1. The molecule has 70 valence electrons. The topological polar surface area (TPSA) is 55.1 Å². The number of imidazole rings is 1. The zero-order valence-corrected chi connectivity index (χ0v) is 7.47. The van der Waals surface area contributed by atoms with Gasteiger partial charge in [-0.25, -0.2) is 4.98 Å². The second-order valence-corrected chi connectivity index (χ2v) is 3.67. The van der Waals surface area contributed by atoms with E-state index in [4.69, 9.17) is 5.11 Å². The lowest BCUT2D eigenvalue weighted by atomic mass is 9.91. The molecule has 2 rings (SSSR count). The zero-order valence-electron chi connectivity index (χ0n) is 7.47. The molecule has 0 aliphatic carbocycles. The fourth-order valence-electron chi connectivity index (χ4n) is 1.91. The minimum atomic E-state index is -0.765. The first kappa shape index (κ1) is 8.29. The van der Waals surface area contributed by atoms with Crippen LogP contribution in [0, 0.1) is 5.92 Å². The van der Waals surface area contributed by atoms with Gasteiger partial charge in [0, 0.05) is 18.9 Å². The molecular formula is C9H12N2O2. The Balaban J connectivity index is 2.38. The van der Waals surface area contributed by atoms with E-state index >= 15 is 0 Å². The first-order valence-electron chi connectivity index (χ1n) is 4.42. The molecule has 1 aliphatic rings. The fraction of sp³-hybridized carbons (Fsp3) is 0.556.